The van der Waals surface area contributed by atoms with Crippen LogP contribution in [0.4, 0.5) is 4.79 Å². The second-order valence-electron chi connectivity index (χ2n) is 9.79. The molecule has 0 aliphatic carbocycles. The van der Waals surface area contributed by atoms with E-state index in [2.05, 4.69) is 10.6 Å². The summed E-state index contributed by atoms with van der Waals surface area (Å²) >= 11 is 0. The average molecular weight is 635 g/mol. The zero-order valence-corrected chi connectivity index (χ0v) is 23.8. The Hall–Kier alpha value is -5.50. The summed E-state index contributed by atoms with van der Waals surface area (Å²) in [6.45, 7) is 2.13. The van der Waals surface area contributed by atoms with Crippen molar-refractivity contribution >= 4 is 59.5 Å². The Morgan fingerprint density at radius 1 is 0.545 bits per heavy atom. The standard InChI is InChI=1S/C23H34N6O15/c1-23(2,3)44-22(43)26-9-16(33)27-10(19(38)25-8-15(32)29-12(21(41)42)6-18(36)37)4-13(30)24-7-14(31)28-11(20(39)40)5-17(34)35/h10-12H,4-9H2,1-3H3,(H,24,30)(H,25,38)(H,26,43)(H,27,33)(H,28,31)(H,29,32)(H,34,35)(H,36,37)(H,39,40)(H,41,42)/t10?,11-,12-/m0/s1. The van der Waals surface area contributed by atoms with E-state index < -0.39 is 122 Å². The van der Waals surface area contributed by atoms with E-state index in [4.69, 9.17) is 25.2 Å². The van der Waals surface area contributed by atoms with E-state index in [1.807, 2.05) is 21.3 Å². The van der Waals surface area contributed by atoms with Crippen LogP contribution in [0.15, 0.2) is 0 Å². The summed E-state index contributed by atoms with van der Waals surface area (Å²) in [4.78, 5) is 117. The van der Waals surface area contributed by atoms with E-state index in [1.165, 1.54) is 0 Å². The van der Waals surface area contributed by atoms with Crippen molar-refractivity contribution in [3.8, 4) is 0 Å². The lowest BCUT2D eigenvalue weighted by atomic mass is 10.1. The van der Waals surface area contributed by atoms with Gasteiger partial charge in [-0.25, -0.2) is 14.4 Å². The van der Waals surface area contributed by atoms with Gasteiger partial charge in [-0.15, -0.1) is 0 Å². The number of amides is 6. The van der Waals surface area contributed by atoms with Gasteiger partial charge in [0.1, 0.15) is 30.3 Å². The number of carboxylic acid groups (broad SMARTS) is 4. The monoisotopic (exact) mass is 634 g/mol. The van der Waals surface area contributed by atoms with Crippen LogP contribution in [0.3, 0.4) is 0 Å². The van der Waals surface area contributed by atoms with Crippen molar-refractivity contribution in [2.24, 2.45) is 0 Å². The Labute approximate surface area is 248 Å². The molecular weight excluding hydrogens is 600 g/mol. The van der Waals surface area contributed by atoms with Gasteiger partial charge in [0.25, 0.3) is 0 Å². The number of aliphatic carboxylic acids is 4. The highest BCUT2D eigenvalue weighted by Gasteiger charge is 2.28. The highest BCUT2D eigenvalue weighted by molar-refractivity contribution is 5.96. The Bertz CT molecular complexity index is 1150. The number of carboxylic acids is 4. The Morgan fingerprint density at radius 3 is 1.32 bits per heavy atom. The van der Waals surface area contributed by atoms with Crippen LogP contribution in [0.5, 0.6) is 0 Å². The van der Waals surface area contributed by atoms with Gasteiger partial charge in [-0.1, -0.05) is 0 Å². The number of hydrogen-bond acceptors (Lipinski definition) is 11. The molecule has 0 aliphatic rings. The fourth-order valence-electron chi connectivity index (χ4n) is 2.89. The number of carbonyl (C=O) groups is 10. The van der Waals surface area contributed by atoms with Crippen LogP contribution < -0.4 is 31.9 Å². The summed E-state index contributed by atoms with van der Waals surface area (Å²) in [6.07, 6.45) is -3.81. The van der Waals surface area contributed by atoms with E-state index in [-0.39, 0.29) is 0 Å². The fraction of sp³-hybridized carbons (Fsp3) is 0.565. The third-order valence-electron chi connectivity index (χ3n) is 4.73. The summed E-state index contributed by atoms with van der Waals surface area (Å²) in [5.41, 5.74) is -0.907. The van der Waals surface area contributed by atoms with Crippen molar-refractivity contribution in [3.63, 3.8) is 0 Å². The molecule has 0 aromatic heterocycles. The van der Waals surface area contributed by atoms with Gasteiger partial charge in [-0.05, 0) is 20.8 Å². The van der Waals surface area contributed by atoms with Crippen molar-refractivity contribution in [2.45, 2.75) is 63.8 Å². The highest BCUT2D eigenvalue weighted by Crippen LogP contribution is 2.06. The zero-order valence-electron chi connectivity index (χ0n) is 23.8. The summed E-state index contributed by atoms with van der Waals surface area (Å²) < 4.78 is 4.96. The first-order valence-electron chi connectivity index (χ1n) is 12.5. The van der Waals surface area contributed by atoms with E-state index in [0.717, 1.165) is 0 Å². The highest BCUT2D eigenvalue weighted by atomic mass is 16.6. The van der Waals surface area contributed by atoms with Gasteiger partial charge in [-0.3, -0.25) is 33.6 Å². The Balaban J connectivity index is 5.39. The van der Waals surface area contributed by atoms with Gasteiger partial charge < -0.3 is 57.1 Å². The molecule has 0 fully saturated rings. The van der Waals surface area contributed by atoms with Crippen molar-refractivity contribution in [2.75, 3.05) is 19.6 Å². The molecule has 21 nitrogen and oxygen atoms in total. The van der Waals surface area contributed by atoms with E-state index in [9.17, 15) is 47.9 Å². The first-order chi connectivity index (χ1) is 20.2. The van der Waals surface area contributed by atoms with Gasteiger partial charge in [-0.2, -0.15) is 0 Å². The molecule has 1 unspecified atom stereocenters. The molecule has 21 heteroatoms. The molecule has 0 heterocycles. The number of alkyl carbamates (subject to hydrolysis) is 1. The van der Waals surface area contributed by atoms with Gasteiger partial charge >= 0.3 is 30.0 Å². The smallest absolute Gasteiger partial charge is 0.408 e. The number of nitrogens with one attached hydrogen (secondary N) is 6. The van der Waals surface area contributed by atoms with E-state index in [0.29, 0.717) is 0 Å². The summed E-state index contributed by atoms with van der Waals surface area (Å²) in [7, 11) is 0. The van der Waals surface area contributed by atoms with Gasteiger partial charge in [0, 0.05) is 0 Å². The molecule has 246 valence electrons. The molecule has 0 aliphatic heterocycles. The third kappa shape index (κ3) is 18.0. The zero-order chi connectivity index (χ0) is 34.2. The number of rotatable bonds is 18. The van der Waals surface area contributed by atoms with Crippen LogP contribution in [0.2, 0.25) is 0 Å². The van der Waals surface area contributed by atoms with Crippen LogP contribution in [0, 0.1) is 0 Å². The minimum atomic E-state index is -1.83. The van der Waals surface area contributed by atoms with E-state index >= 15 is 0 Å². The molecule has 10 N–H and O–H groups in total. The van der Waals surface area contributed by atoms with Crippen molar-refractivity contribution in [1.29, 1.82) is 0 Å². The van der Waals surface area contributed by atoms with Crippen LogP contribution in [0.25, 0.3) is 0 Å². The summed E-state index contributed by atoms with van der Waals surface area (Å²) in [6, 6.07) is -5.40. The molecule has 0 spiro atoms. The molecule has 6 amide bonds. The molecule has 0 aromatic rings. The largest absolute Gasteiger partial charge is 0.481 e. The maximum absolute atomic E-state index is 12.7. The number of ether oxygens (including phenoxy) is 1. The van der Waals surface area contributed by atoms with Crippen LogP contribution in [-0.2, 0) is 47.9 Å². The SMILES string of the molecule is CC(C)(C)OC(=O)NCC(=O)NC(CC(=O)NCC(=O)N[C@@H](CC(=O)O)C(=O)O)C(=O)NCC(=O)N[C@@H](CC(=O)O)C(=O)O. The number of hydrogen-bond donors (Lipinski definition) is 10. The Morgan fingerprint density at radius 2 is 0.932 bits per heavy atom. The maximum atomic E-state index is 12.7. The minimum Gasteiger partial charge on any atom is -0.481 e. The maximum Gasteiger partial charge on any atom is 0.408 e. The van der Waals surface area contributed by atoms with Crippen LogP contribution in [0.1, 0.15) is 40.0 Å². The Kier molecular flexibility index (Phi) is 15.9. The molecule has 0 rings (SSSR count). The molecule has 44 heavy (non-hydrogen) atoms. The first-order valence-corrected chi connectivity index (χ1v) is 12.5. The van der Waals surface area contributed by atoms with Gasteiger partial charge in [0.05, 0.1) is 32.4 Å². The average Bonchev–Trinajstić information content (AvgIpc) is 2.86. The quantitative estimate of drug-likeness (QED) is 0.0682. The fourth-order valence-corrected chi connectivity index (χ4v) is 2.89. The molecule has 0 saturated carbocycles. The molecule has 0 aromatic carbocycles. The minimum absolute atomic E-state index is 0.737. The molecule has 0 saturated heterocycles. The lowest BCUT2D eigenvalue weighted by molar-refractivity contribution is -0.147. The van der Waals surface area contributed by atoms with Crippen molar-refractivity contribution in [3.05, 3.63) is 0 Å². The van der Waals surface area contributed by atoms with E-state index in [1.54, 1.807) is 20.8 Å². The van der Waals surface area contributed by atoms with Crippen LogP contribution in [-0.4, -0.2) is 123 Å². The van der Waals surface area contributed by atoms with Crippen molar-refractivity contribution in [1.82, 2.24) is 31.9 Å². The second-order valence-corrected chi connectivity index (χ2v) is 9.79. The van der Waals surface area contributed by atoms with Crippen LogP contribution >= 0.6 is 0 Å². The number of carbonyl (C=O) groups excluding carboxylic acids is 6. The predicted molar refractivity (Wildman–Crippen MR) is 140 cm³/mol. The topological polar surface area (TPSA) is 333 Å². The molecule has 0 bridgehead atoms. The van der Waals surface area contributed by atoms with Crippen molar-refractivity contribution < 1.29 is 73.1 Å². The first kappa shape index (κ1) is 38.5. The van der Waals surface area contributed by atoms with Gasteiger partial charge in [0.15, 0.2) is 0 Å². The molecule has 0 radical (unpaired) electrons. The lowest BCUT2D eigenvalue weighted by Crippen LogP contribution is -2.54. The summed E-state index contributed by atoms with van der Waals surface area (Å²) in [5, 5.41) is 47.4. The van der Waals surface area contributed by atoms with Gasteiger partial charge in [0.2, 0.25) is 29.5 Å². The normalized spacial score (nSPS) is 12.6. The summed E-state index contributed by atoms with van der Waals surface area (Å²) in [5.74, 6) is -11.9. The lowest BCUT2D eigenvalue weighted by Gasteiger charge is -2.21. The molecular formula is C23H34N6O15. The molecule has 3 atom stereocenters. The second kappa shape index (κ2) is 18.1. The third-order valence-corrected chi connectivity index (χ3v) is 4.73. The predicted octanol–water partition coefficient (Wildman–Crippen LogP) is -4.29.